The first-order valence-corrected chi connectivity index (χ1v) is 19.5. The fourth-order valence-corrected chi connectivity index (χ4v) is 5.54. The van der Waals surface area contributed by atoms with Crippen LogP contribution < -0.4 is 5.11 Å². The summed E-state index contributed by atoms with van der Waals surface area (Å²) in [5.41, 5.74) is 0. The van der Waals surface area contributed by atoms with Crippen LogP contribution in [0.4, 0.5) is 0 Å². The van der Waals surface area contributed by atoms with Crippen molar-refractivity contribution >= 4 is 17.9 Å². The molecule has 49 heavy (non-hydrogen) atoms. The maximum absolute atomic E-state index is 12.6. The topological polar surface area (TPSA) is 102 Å². The van der Waals surface area contributed by atoms with E-state index in [4.69, 9.17) is 14.2 Å². The number of aliphatic carboxylic acids is 1. The smallest absolute Gasteiger partial charge is 0.306 e. The zero-order chi connectivity index (χ0) is 36.4. The summed E-state index contributed by atoms with van der Waals surface area (Å²) in [4.78, 5) is 36.6. The summed E-state index contributed by atoms with van der Waals surface area (Å²) < 4.78 is 17.1. The van der Waals surface area contributed by atoms with Gasteiger partial charge in [0.2, 0.25) is 0 Å². The number of quaternary nitrogens is 1. The van der Waals surface area contributed by atoms with Crippen LogP contribution in [0.25, 0.3) is 0 Å². The van der Waals surface area contributed by atoms with E-state index in [0.717, 1.165) is 57.8 Å². The molecule has 0 aliphatic heterocycles. The molecule has 0 aliphatic carbocycles. The highest BCUT2D eigenvalue weighted by Crippen LogP contribution is 2.14. The SMILES string of the molecule is CC/C=C/C=C/C=C/CCCCCCCCCC(=O)OC(COCCC(C(=O)[O-])[N+](C)(C)C)COC(=O)CCCCCCCCCCCC. The molecule has 0 heterocycles. The van der Waals surface area contributed by atoms with Crippen LogP contribution in [-0.4, -0.2) is 75.5 Å². The number of ether oxygens (including phenoxy) is 3. The van der Waals surface area contributed by atoms with E-state index in [0.29, 0.717) is 12.8 Å². The third-order valence-electron chi connectivity index (χ3n) is 8.60. The molecule has 0 radical (unpaired) electrons. The maximum atomic E-state index is 12.6. The number of carboxylic acids is 1. The van der Waals surface area contributed by atoms with Gasteiger partial charge in [-0.15, -0.1) is 0 Å². The summed E-state index contributed by atoms with van der Waals surface area (Å²) in [6.07, 6.45) is 34.5. The van der Waals surface area contributed by atoms with E-state index in [-0.39, 0.29) is 42.7 Å². The minimum Gasteiger partial charge on any atom is -0.544 e. The predicted molar refractivity (Wildman–Crippen MR) is 199 cm³/mol. The Morgan fingerprint density at radius 2 is 1.14 bits per heavy atom. The number of carbonyl (C=O) groups is 3. The van der Waals surface area contributed by atoms with Crippen LogP contribution in [0.1, 0.15) is 155 Å². The Morgan fingerprint density at radius 1 is 0.633 bits per heavy atom. The van der Waals surface area contributed by atoms with Crippen molar-refractivity contribution in [3.05, 3.63) is 36.5 Å². The van der Waals surface area contributed by atoms with Gasteiger partial charge in [0.15, 0.2) is 6.10 Å². The Bertz CT molecular complexity index is 906. The van der Waals surface area contributed by atoms with Gasteiger partial charge in [-0.3, -0.25) is 9.59 Å². The highest BCUT2D eigenvalue weighted by Gasteiger charge is 2.25. The number of unbranched alkanes of at least 4 members (excludes halogenated alkanes) is 16. The normalized spacial score (nSPS) is 13.4. The molecular weight excluding hydrogens is 618 g/mol. The van der Waals surface area contributed by atoms with Gasteiger partial charge < -0.3 is 28.6 Å². The molecule has 8 nitrogen and oxygen atoms in total. The van der Waals surface area contributed by atoms with Crippen LogP contribution in [0.3, 0.4) is 0 Å². The average Bonchev–Trinajstić information content (AvgIpc) is 3.05. The van der Waals surface area contributed by atoms with Crippen LogP contribution in [0.2, 0.25) is 0 Å². The molecule has 2 unspecified atom stereocenters. The van der Waals surface area contributed by atoms with Crippen LogP contribution in [-0.2, 0) is 28.6 Å². The summed E-state index contributed by atoms with van der Waals surface area (Å²) in [5.74, 6) is -1.75. The lowest BCUT2D eigenvalue weighted by Crippen LogP contribution is -2.55. The number of esters is 2. The molecule has 0 aromatic heterocycles. The van der Waals surface area contributed by atoms with Gasteiger partial charge in [0, 0.05) is 19.3 Å². The number of rotatable bonds is 34. The lowest BCUT2D eigenvalue weighted by molar-refractivity contribution is -0.889. The molecule has 0 rings (SSSR count). The van der Waals surface area contributed by atoms with Crippen molar-refractivity contribution in [2.45, 2.75) is 167 Å². The second kappa shape index (κ2) is 32.7. The van der Waals surface area contributed by atoms with Crippen LogP contribution in [0.15, 0.2) is 36.5 Å². The molecule has 0 spiro atoms. The second-order valence-corrected chi connectivity index (χ2v) is 14.2. The van der Waals surface area contributed by atoms with Gasteiger partial charge in [-0.25, -0.2) is 0 Å². The standard InChI is InChI=1S/C41H73NO7/c1-6-8-10-12-14-16-18-19-20-21-22-24-26-28-30-32-40(44)49-37(35-47-34-33-38(41(45)46)42(3,4)5)36-48-39(43)31-29-27-25-23-17-15-13-11-9-7-2/h8,10,12,14,16,18,37-38H,6-7,9,11,13,15,17,19-36H2,1-5H3/b10-8+,14-12+,18-16+. The molecule has 0 N–H and O–H groups in total. The van der Waals surface area contributed by atoms with Crippen molar-refractivity contribution in [2.24, 2.45) is 0 Å². The van der Waals surface area contributed by atoms with E-state index >= 15 is 0 Å². The van der Waals surface area contributed by atoms with Crippen LogP contribution in [0.5, 0.6) is 0 Å². The Balaban J connectivity index is 4.42. The van der Waals surface area contributed by atoms with E-state index in [1.165, 1.54) is 64.2 Å². The summed E-state index contributed by atoms with van der Waals surface area (Å²) in [5, 5.41) is 11.6. The van der Waals surface area contributed by atoms with E-state index in [2.05, 4.69) is 50.3 Å². The first kappa shape index (κ1) is 46.5. The zero-order valence-corrected chi connectivity index (χ0v) is 32.1. The highest BCUT2D eigenvalue weighted by molar-refractivity contribution is 5.70. The molecule has 2 atom stereocenters. The third-order valence-corrected chi connectivity index (χ3v) is 8.60. The van der Waals surface area contributed by atoms with Crippen molar-refractivity contribution in [3.63, 3.8) is 0 Å². The second-order valence-electron chi connectivity index (χ2n) is 14.2. The summed E-state index contributed by atoms with van der Waals surface area (Å²) in [6.45, 7) is 4.49. The zero-order valence-electron chi connectivity index (χ0n) is 32.1. The van der Waals surface area contributed by atoms with Gasteiger partial charge in [-0.05, 0) is 32.1 Å². The summed E-state index contributed by atoms with van der Waals surface area (Å²) >= 11 is 0. The summed E-state index contributed by atoms with van der Waals surface area (Å²) in [6, 6.07) is -0.725. The van der Waals surface area contributed by atoms with Gasteiger partial charge in [0.05, 0.1) is 40.3 Å². The quantitative estimate of drug-likeness (QED) is 0.0288. The largest absolute Gasteiger partial charge is 0.544 e. The van der Waals surface area contributed by atoms with Gasteiger partial charge >= 0.3 is 11.9 Å². The van der Waals surface area contributed by atoms with Crippen molar-refractivity contribution < 1.29 is 38.2 Å². The van der Waals surface area contributed by atoms with Crippen LogP contribution >= 0.6 is 0 Å². The van der Waals surface area contributed by atoms with Gasteiger partial charge in [-0.2, -0.15) is 0 Å². The van der Waals surface area contributed by atoms with Crippen molar-refractivity contribution in [1.82, 2.24) is 0 Å². The van der Waals surface area contributed by atoms with E-state index in [9.17, 15) is 19.5 Å². The lowest BCUT2D eigenvalue weighted by atomic mass is 10.1. The first-order chi connectivity index (χ1) is 23.6. The number of allylic oxidation sites excluding steroid dienone is 6. The van der Waals surface area contributed by atoms with E-state index in [1.807, 2.05) is 0 Å². The number of likely N-dealkylation sites (N-methyl/N-ethyl adjacent to an activating group) is 1. The highest BCUT2D eigenvalue weighted by atomic mass is 16.6. The molecule has 0 aromatic rings. The average molecular weight is 692 g/mol. The van der Waals surface area contributed by atoms with Crippen molar-refractivity contribution in [1.29, 1.82) is 0 Å². The number of nitrogens with zero attached hydrogens (tertiary/aromatic N) is 1. The van der Waals surface area contributed by atoms with E-state index < -0.39 is 18.1 Å². The Morgan fingerprint density at radius 3 is 1.67 bits per heavy atom. The minimum absolute atomic E-state index is 0.0373. The van der Waals surface area contributed by atoms with Gasteiger partial charge in [0.25, 0.3) is 0 Å². The lowest BCUT2D eigenvalue weighted by Gasteiger charge is -2.34. The third kappa shape index (κ3) is 31.3. The molecule has 284 valence electrons. The first-order valence-electron chi connectivity index (χ1n) is 19.5. The predicted octanol–water partition coefficient (Wildman–Crippen LogP) is 8.57. The molecular formula is C41H73NO7. The van der Waals surface area contributed by atoms with Crippen molar-refractivity contribution in [3.8, 4) is 0 Å². The molecule has 0 amide bonds. The van der Waals surface area contributed by atoms with Gasteiger partial charge in [-0.1, -0.05) is 140 Å². The molecule has 0 aromatic carbocycles. The minimum atomic E-state index is -1.13. The molecule has 0 fully saturated rings. The fourth-order valence-electron chi connectivity index (χ4n) is 5.54. The molecule has 0 aliphatic rings. The summed E-state index contributed by atoms with van der Waals surface area (Å²) in [7, 11) is 5.39. The molecule has 0 saturated heterocycles. The monoisotopic (exact) mass is 692 g/mol. The Labute approximate surface area is 300 Å². The molecule has 0 bridgehead atoms. The Kier molecular flexibility index (Phi) is 31.1. The number of carboxylic acid groups (broad SMARTS) is 1. The molecule has 0 saturated carbocycles. The van der Waals surface area contributed by atoms with E-state index in [1.54, 1.807) is 21.1 Å². The number of hydrogen-bond acceptors (Lipinski definition) is 7. The van der Waals surface area contributed by atoms with Crippen molar-refractivity contribution in [2.75, 3.05) is 41.0 Å². The van der Waals surface area contributed by atoms with Gasteiger partial charge in [0.1, 0.15) is 12.6 Å². The number of hydrogen-bond donors (Lipinski definition) is 0. The number of carbonyl (C=O) groups excluding carboxylic acids is 3. The molecule has 8 heteroatoms. The maximum Gasteiger partial charge on any atom is 0.306 e. The Hall–Kier alpha value is -2.45. The fraction of sp³-hybridized carbons (Fsp3) is 0.780. The van der Waals surface area contributed by atoms with Crippen LogP contribution in [0, 0.1) is 0 Å².